The molecule has 2 bridgehead atoms. The van der Waals surface area contributed by atoms with Crippen LogP contribution in [-0.2, 0) is 25.5 Å². The summed E-state index contributed by atoms with van der Waals surface area (Å²) in [6.07, 6.45) is 7.40. The zero-order valence-corrected chi connectivity index (χ0v) is 27.0. The lowest BCUT2D eigenvalue weighted by Crippen LogP contribution is -2.61. The van der Waals surface area contributed by atoms with E-state index in [1.807, 2.05) is 58.9 Å². The Hall–Kier alpha value is -3.11. The van der Waals surface area contributed by atoms with Crippen LogP contribution in [0.15, 0.2) is 36.6 Å². The summed E-state index contributed by atoms with van der Waals surface area (Å²) in [6.45, 7) is 11.2. The molecule has 6 atom stereocenters. The van der Waals surface area contributed by atoms with Gasteiger partial charge in [-0.1, -0.05) is 45.2 Å². The second kappa shape index (κ2) is 15.3. The van der Waals surface area contributed by atoms with Gasteiger partial charge in [-0.2, -0.15) is 0 Å². The van der Waals surface area contributed by atoms with Gasteiger partial charge in [-0.05, 0) is 75.5 Å². The van der Waals surface area contributed by atoms with Gasteiger partial charge in [0.05, 0.1) is 24.4 Å². The highest BCUT2D eigenvalue weighted by Gasteiger charge is 2.42. The zero-order chi connectivity index (χ0) is 31.9. The highest BCUT2D eigenvalue weighted by atomic mass is 16.5. The summed E-state index contributed by atoms with van der Waals surface area (Å²) < 4.78 is 11.1. The maximum atomic E-state index is 13.6. The summed E-state index contributed by atoms with van der Waals surface area (Å²) in [4.78, 5) is 41.9. The largest absolute Gasteiger partial charge is 0.497 e. The highest BCUT2D eigenvalue weighted by Crippen LogP contribution is 2.39. The predicted molar refractivity (Wildman–Crippen MR) is 169 cm³/mol. The Labute approximate surface area is 262 Å². The molecule has 0 radical (unpaired) electrons. The summed E-state index contributed by atoms with van der Waals surface area (Å²) in [5.41, 5.74) is 0.552. The molecule has 0 spiro atoms. The number of carbonyl (C=O) groups excluding carboxylic acids is 3. The van der Waals surface area contributed by atoms with Crippen molar-refractivity contribution in [3.8, 4) is 5.75 Å². The molecule has 10 nitrogen and oxygen atoms in total. The molecule has 4 aliphatic rings. The molecule has 5 rings (SSSR count). The van der Waals surface area contributed by atoms with Crippen molar-refractivity contribution < 1.29 is 29.0 Å². The van der Waals surface area contributed by atoms with E-state index >= 15 is 0 Å². The van der Waals surface area contributed by atoms with Gasteiger partial charge in [-0.15, -0.1) is 0 Å². The van der Waals surface area contributed by atoms with Gasteiger partial charge < -0.3 is 30.5 Å². The van der Waals surface area contributed by atoms with Crippen molar-refractivity contribution in [2.75, 3.05) is 26.3 Å². The van der Waals surface area contributed by atoms with Crippen molar-refractivity contribution in [1.82, 2.24) is 20.9 Å². The number of amides is 3. The topological polar surface area (TPSA) is 129 Å². The fourth-order valence-electron chi connectivity index (χ4n) is 6.65. The van der Waals surface area contributed by atoms with E-state index < -0.39 is 24.1 Å². The Morgan fingerprint density at radius 1 is 1.07 bits per heavy atom. The second-order valence-electron chi connectivity index (χ2n) is 14.0. The van der Waals surface area contributed by atoms with E-state index in [2.05, 4.69) is 20.9 Å². The quantitative estimate of drug-likeness (QED) is 0.403. The number of aliphatic hydroxyl groups excluding tert-OH is 1. The smallest absolute Gasteiger partial charge is 0.247 e. The van der Waals surface area contributed by atoms with Gasteiger partial charge in [0, 0.05) is 24.7 Å². The molecule has 4 N–H and O–H groups in total. The van der Waals surface area contributed by atoms with Crippen LogP contribution in [0.5, 0.6) is 5.75 Å². The molecule has 1 saturated carbocycles. The number of piperidine rings is 1. The number of likely N-dealkylation sites (tertiary alicyclic amines) is 1. The maximum absolute atomic E-state index is 13.6. The first-order valence-electron chi connectivity index (χ1n) is 16.2. The number of benzene rings is 1. The summed E-state index contributed by atoms with van der Waals surface area (Å²) in [6, 6.07) is 5.75. The number of carbonyl (C=O) groups is 3. The normalized spacial score (nSPS) is 28.8. The zero-order valence-electron chi connectivity index (χ0n) is 27.0. The van der Waals surface area contributed by atoms with Gasteiger partial charge in [-0.3, -0.25) is 19.3 Å². The molecule has 0 aromatic heterocycles. The number of nitrogens with one attached hydrogen (secondary N) is 3. The van der Waals surface area contributed by atoms with E-state index in [9.17, 15) is 19.5 Å². The Morgan fingerprint density at radius 2 is 1.77 bits per heavy atom. The molecular weight excluding hydrogens is 560 g/mol. The third kappa shape index (κ3) is 9.69. The van der Waals surface area contributed by atoms with Crippen LogP contribution in [0.1, 0.15) is 72.3 Å². The first-order chi connectivity index (χ1) is 20.9. The Bertz CT molecular complexity index is 1150. The lowest BCUT2D eigenvalue weighted by atomic mass is 9.72. The first kappa shape index (κ1) is 33.8. The summed E-state index contributed by atoms with van der Waals surface area (Å²) >= 11 is 0. The van der Waals surface area contributed by atoms with Gasteiger partial charge in [0.1, 0.15) is 25.0 Å². The van der Waals surface area contributed by atoms with Crippen LogP contribution in [0, 0.1) is 17.8 Å². The number of hydrogen-bond acceptors (Lipinski definition) is 7. The van der Waals surface area contributed by atoms with E-state index in [4.69, 9.17) is 9.47 Å². The van der Waals surface area contributed by atoms with Crippen molar-refractivity contribution in [2.24, 2.45) is 17.8 Å². The van der Waals surface area contributed by atoms with Crippen molar-refractivity contribution in [1.29, 1.82) is 0 Å². The number of aliphatic hydroxyl groups is 1. The van der Waals surface area contributed by atoms with Crippen LogP contribution in [-0.4, -0.2) is 83.8 Å². The van der Waals surface area contributed by atoms with Crippen LogP contribution in [0.2, 0.25) is 0 Å². The van der Waals surface area contributed by atoms with Crippen LogP contribution in [0.3, 0.4) is 0 Å². The molecule has 1 saturated heterocycles. The fourth-order valence-corrected chi connectivity index (χ4v) is 6.65. The minimum atomic E-state index is -0.959. The molecule has 1 aliphatic carbocycles. The third-order valence-electron chi connectivity index (χ3n) is 8.93. The molecular formula is C34H52N4O6. The molecule has 2 fully saturated rings. The Morgan fingerprint density at radius 3 is 2.45 bits per heavy atom. The average Bonchev–Trinajstić information content (AvgIpc) is 2.96. The van der Waals surface area contributed by atoms with Gasteiger partial charge in [0.15, 0.2) is 0 Å². The summed E-state index contributed by atoms with van der Waals surface area (Å²) in [5, 5.41) is 20.8. The average molecular weight is 613 g/mol. The third-order valence-corrected chi connectivity index (χ3v) is 8.93. The number of β-amino-alcohol motifs (C(OH)–C–C–N with tert-alkyl or cyclic N) is 1. The minimum Gasteiger partial charge on any atom is -0.497 e. The number of fused-ring (bicyclic) bond motifs is 14. The lowest BCUT2D eigenvalue weighted by molar-refractivity contribution is -0.133. The Balaban J connectivity index is 1.58. The fraction of sp³-hybridized carbons (Fsp3) is 0.676. The number of rotatable bonds is 5. The van der Waals surface area contributed by atoms with E-state index in [1.165, 1.54) is 25.2 Å². The van der Waals surface area contributed by atoms with E-state index in [1.54, 1.807) is 0 Å². The molecule has 10 heteroatoms. The molecule has 3 aliphatic heterocycles. The summed E-state index contributed by atoms with van der Waals surface area (Å²) in [5.74, 6) is 0.650. The molecule has 1 aromatic carbocycles. The van der Waals surface area contributed by atoms with Crippen LogP contribution in [0.4, 0.5) is 0 Å². The van der Waals surface area contributed by atoms with Crippen LogP contribution in [0.25, 0.3) is 0 Å². The van der Waals surface area contributed by atoms with Gasteiger partial charge >= 0.3 is 0 Å². The molecule has 1 aromatic rings. The molecule has 0 unspecified atom stereocenters. The first-order valence-corrected chi connectivity index (χ1v) is 16.2. The monoisotopic (exact) mass is 612 g/mol. The van der Waals surface area contributed by atoms with Gasteiger partial charge in [0.25, 0.3) is 0 Å². The van der Waals surface area contributed by atoms with Gasteiger partial charge in [0.2, 0.25) is 17.7 Å². The molecule has 244 valence electrons. The SMILES string of the molecule is CC(C)[C@@H]1NC(=O)/C=C/OCCOc2ccc(cc2)C[C@@H]([C@H](O)CN2C[C@H]3CCCC[C@H]3C[C@H]2C(=O)NC(C)(C)C)NC1=O. The van der Waals surface area contributed by atoms with Crippen molar-refractivity contribution in [3.05, 3.63) is 42.2 Å². The van der Waals surface area contributed by atoms with E-state index in [0.717, 1.165) is 31.4 Å². The molecule has 44 heavy (non-hydrogen) atoms. The van der Waals surface area contributed by atoms with E-state index in [-0.39, 0.29) is 42.5 Å². The summed E-state index contributed by atoms with van der Waals surface area (Å²) in [7, 11) is 0. The number of hydrogen-bond donors (Lipinski definition) is 4. The second-order valence-corrected chi connectivity index (χ2v) is 14.0. The van der Waals surface area contributed by atoms with Gasteiger partial charge in [-0.25, -0.2) is 0 Å². The maximum Gasteiger partial charge on any atom is 0.247 e. The minimum absolute atomic E-state index is 0.0122. The van der Waals surface area contributed by atoms with Crippen LogP contribution >= 0.6 is 0 Å². The number of ether oxygens (including phenoxy) is 2. The molecule has 3 amide bonds. The number of nitrogens with zero attached hydrogens (tertiary/aromatic N) is 1. The lowest BCUT2D eigenvalue weighted by Gasteiger charge is -2.47. The molecule has 3 heterocycles. The predicted octanol–water partition coefficient (Wildman–Crippen LogP) is 2.93. The standard InChI is InChI=1S/C34H52N4O6/c1-22(2)31-33(42)35-27(18-23-10-12-26(13-11-23)44-17-16-43-15-14-30(40)36-31)29(39)21-38-20-25-9-7-6-8-24(25)19-28(38)32(41)37-34(3,4)5/h10-15,22,24-25,27-29,31,39H,6-9,16-21H2,1-5H3,(H,35,42)(H,36,40)(H,37,41)/b15-14+/t24-,25+,27-,28-,29+,31-/m0/s1. The van der Waals surface area contributed by atoms with Crippen molar-refractivity contribution >= 4 is 17.7 Å². The Kier molecular flexibility index (Phi) is 11.7. The van der Waals surface area contributed by atoms with Crippen molar-refractivity contribution in [3.63, 3.8) is 0 Å². The van der Waals surface area contributed by atoms with Crippen LogP contribution < -0.4 is 20.7 Å². The van der Waals surface area contributed by atoms with E-state index in [0.29, 0.717) is 30.6 Å². The highest BCUT2D eigenvalue weighted by molar-refractivity contribution is 5.93. The van der Waals surface area contributed by atoms with Crippen molar-refractivity contribution in [2.45, 2.75) is 103 Å².